The van der Waals surface area contributed by atoms with E-state index in [-0.39, 0.29) is 23.8 Å². The number of halogens is 1. The Balaban J connectivity index is 1.15. The summed E-state index contributed by atoms with van der Waals surface area (Å²) in [5, 5.41) is 12.1. The predicted octanol–water partition coefficient (Wildman–Crippen LogP) is 4.86. The van der Waals surface area contributed by atoms with Gasteiger partial charge in [0.25, 0.3) is 5.91 Å². The van der Waals surface area contributed by atoms with Crippen molar-refractivity contribution in [2.24, 2.45) is 0 Å². The number of carbonyl (C=O) groups excluding carboxylic acids is 3. The van der Waals surface area contributed by atoms with Crippen LogP contribution in [0.1, 0.15) is 43.6 Å². The minimum Gasteiger partial charge on any atom is -0.462 e. The molecule has 238 valence electrons. The zero-order valence-electron chi connectivity index (χ0n) is 25.6. The molecule has 0 radical (unpaired) electrons. The number of hydroxylamine groups is 1. The number of hydrogen-bond acceptors (Lipinski definition) is 10. The highest BCUT2D eigenvalue weighted by Crippen LogP contribution is 2.26. The summed E-state index contributed by atoms with van der Waals surface area (Å²) in [6.45, 7) is 6.77. The third-order valence-corrected chi connectivity index (χ3v) is 6.86. The molecule has 0 aliphatic carbocycles. The van der Waals surface area contributed by atoms with E-state index in [1.807, 2.05) is 36.4 Å². The van der Waals surface area contributed by atoms with Crippen molar-refractivity contribution >= 4 is 51.6 Å². The van der Waals surface area contributed by atoms with Gasteiger partial charge in [0, 0.05) is 17.1 Å². The van der Waals surface area contributed by atoms with Crippen molar-refractivity contribution in [3.05, 3.63) is 83.0 Å². The minimum absolute atomic E-state index is 0.131. The van der Waals surface area contributed by atoms with Gasteiger partial charge in [-0.15, -0.1) is 5.10 Å². The molecule has 2 N–H and O–H groups in total. The van der Waals surface area contributed by atoms with Crippen molar-refractivity contribution in [3.63, 3.8) is 0 Å². The van der Waals surface area contributed by atoms with E-state index in [9.17, 15) is 14.4 Å². The molecule has 46 heavy (non-hydrogen) atoms. The number of esters is 1. The van der Waals surface area contributed by atoms with Crippen molar-refractivity contribution in [2.45, 2.75) is 45.9 Å². The third kappa shape index (κ3) is 8.11. The largest absolute Gasteiger partial charge is 0.462 e. The Morgan fingerprint density at radius 2 is 1.80 bits per heavy atom. The molecule has 0 saturated carbocycles. The molecule has 0 unspecified atom stereocenters. The molecule has 0 aliphatic heterocycles. The second-order valence-corrected chi connectivity index (χ2v) is 11.7. The van der Waals surface area contributed by atoms with Gasteiger partial charge >= 0.3 is 12.1 Å². The van der Waals surface area contributed by atoms with Gasteiger partial charge in [0.15, 0.2) is 5.65 Å². The zero-order chi connectivity index (χ0) is 32.8. The van der Waals surface area contributed by atoms with Crippen LogP contribution >= 0.6 is 11.6 Å². The van der Waals surface area contributed by atoms with Gasteiger partial charge in [0.2, 0.25) is 0 Å². The second-order valence-electron chi connectivity index (χ2n) is 11.3. The van der Waals surface area contributed by atoms with Crippen LogP contribution in [0.5, 0.6) is 0 Å². The molecular formula is C32H32ClN7O6. The van der Waals surface area contributed by atoms with Crippen molar-refractivity contribution in [1.29, 1.82) is 0 Å². The van der Waals surface area contributed by atoms with Crippen LogP contribution in [-0.4, -0.2) is 67.8 Å². The summed E-state index contributed by atoms with van der Waals surface area (Å²) in [5.74, 6) is -1.27. The van der Waals surface area contributed by atoms with Gasteiger partial charge in [-0.3, -0.25) is 14.6 Å². The van der Waals surface area contributed by atoms with E-state index >= 15 is 0 Å². The summed E-state index contributed by atoms with van der Waals surface area (Å²) in [4.78, 5) is 50.8. The Kier molecular flexibility index (Phi) is 9.73. The summed E-state index contributed by atoms with van der Waals surface area (Å²) in [5.41, 5.74) is 6.26. The van der Waals surface area contributed by atoms with Crippen molar-refractivity contribution in [2.75, 3.05) is 13.2 Å². The fraction of sp³-hybridized carbons (Fsp3) is 0.281. The molecule has 5 aromatic rings. The number of alkyl carbamates (subject to hydrolysis) is 1. The molecule has 2 aromatic carbocycles. The second kappa shape index (κ2) is 13.9. The minimum atomic E-state index is -0.934. The van der Waals surface area contributed by atoms with Crippen LogP contribution in [0, 0.1) is 0 Å². The van der Waals surface area contributed by atoms with Crippen LogP contribution in [0.3, 0.4) is 0 Å². The Morgan fingerprint density at radius 1 is 1.00 bits per heavy atom. The maximum atomic E-state index is 12.7. The molecule has 0 bridgehead atoms. The number of pyridine rings is 2. The van der Waals surface area contributed by atoms with Gasteiger partial charge in [0.05, 0.1) is 28.3 Å². The number of aromatic nitrogens is 5. The normalized spacial score (nSPS) is 12.1. The number of amides is 2. The summed E-state index contributed by atoms with van der Waals surface area (Å²) in [7, 11) is 0. The molecule has 3 heterocycles. The highest BCUT2D eigenvalue weighted by molar-refractivity contribution is 6.34. The number of hydrogen-bond donors (Lipinski definition) is 2. The number of rotatable bonds is 10. The smallest absolute Gasteiger partial charge is 0.408 e. The lowest BCUT2D eigenvalue weighted by atomic mass is 10.1. The topological polar surface area (TPSA) is 159 Å². The number of ether oxygens (including phenoxy) is 2. The predicted molar refractivity (Wildman–Crippen MR) is 170 cm³/mol. The Labute approximate surface area is 269 Å². The highest BCUT2D eigenvalue weighted by atomic mass is 35.5. The maximum Gasteiger partial charge on any atom is 0.408 e. The monoisotopic (exact) mass is 645 g/mol. The Hall–Kier alpha value is -5.14. The van der Waals surface area contributed by atoms with Crippen molar-refractivity contribution < 1.29 is 28.7 Å². The van der Waals surface area contributed by atoms with Crippen molar-refractivity contribution in [1.82, 2.24) is 35.8 Å². The standard InChI is InChI=1S/C32H32ClN7O6/c1-19(35-31(43)46-32(2,3)4)30(42)44-14-15-45-38-29(41)23-9-8-22(17-24(23)33)26-11-12-27-28(36-26)40(39-37-27)18-20-7-10-25-21(16-20)6-5-13-34-25/h5-13,16-17,19H,14-15,18H2,1-4H3,(H,35,43)(H,38,41)/t19-/m0/s1. The number of nitrogens with one attached hydrogen (secondary N) is 2. The summed E-state index contributed by atoms with van der Waals surface area (Å²) in [6, 6.07) is 17.6. The molecule has 0 fully saturated rings. The van der Waals surface area contributed by atoms with Crippen LogP contribution in [0.4, 0.5) is 4.79 Å². The highest BCUT2D eigenvalue weighted by Gasteiger charge is 2.22. The quantitative estimate of drug-likeness (QED) is 0.122. The van der Waals surface area contributed by atoms with Gasteiger partial charge in [-0.25, -0.2) is 24.7 Å². The molecule has 0 aliphatic rings. The number of benzene rings is 2. The van der Waals surface area contributed by atoms with E-state index in [4.69, 9.17) is 30.9 Å². The van der Waals surface area contributed by atoms with Crippen molar-refractivity contribution in [3.8, 4) is 11.3 Å². The molecule has 13 nitrogen and oxygen atoms in total. The zero-order valence-corrected chi connectivity index (χ0v) is 26.4. The average molecular weight is 646 g/mol. The molecule has 0 spiro atoms. The lowest BCUT2D eigenvalue weighted by molar-refractivity contribution is -0.147. The van der Waals surface area contributed by atoms with Gasteiger partial charge in [0.1, 0.15) is 30.4 Å². The summed E-state index contributed by atoms with van der Waals surface area (Å²) in [6.07, 6.45) is 1.02. The van der Waals surface area contributed by atoms with Crippen LogP contribution in [0.15, 0.2) is 66.9 Å². The first kappa shape index (κ1) is 32.3. The molecule has 1 atom stereocenters. The number of nitrogens with zero attached hydrogens (tertiary/aromatic N) is 5. The molecule has 14 heteroatoms. The van der Waals surface area contributed by atoms with E-state index in [1.165, 1.54) is 6.92 Å². The van der Waals surface area contributed by atoms with Crippen LogP contribution in [-0.2, 0) is 25.7 Å². The van der Waals surface area contributed by atoms with E-state index in [1.54, 1.807) is 49.8 Å². The van der Waals surface area contributed by atoms with Crippen LogP contribution in [0.25, 0.3) is 33.3 Å². The number of carbonyl (C=O) groups is 3. The molecule has 0 saturated heterocycles. The third-order valence-electron chi connectivity index (χ3n) is 6.55. The summed E-state index contributed by atoms with van der Waals surface area (Å²) < 4.78 is 11.9. The van der Waals surface area contributed by atoms with E-state index in [0.29, 0.717) is 29.0 Å². The first-order valence-electron chi connectivity index (χ1n) is 14.4. The number of fused-ring (bicyclic) bond motifs is 2. The first-order chi connectivity index (χ1) is 22.0. The van der Waals surface area contributed by atoms with E-state index < -0.39 is 29.6 Å². The van der Waals surface area contributed by atoms with Crippen LogP contribution in [0.2, 0.25) is 5.02 Å². The summed E-state index contributed by atoms with van der Waals surface area (Å²) >= 11 is 6.46. The van der Waals surface area contributed by atoms with Gasteiger partial charge in [-0.2, -0.15) is 0 Å². The average Bonchev–Trinajstić information content (AvgIpc) is 3.41. The van der Waals surface area contributed by atoms with E-state index in [0.717, 1.165) is 16.5 Å². The molecule has 2 amide bonds. The first-order valence-corrected chi connectivity index (χ1v) is 14.8. The fourth-order valence-corrected chi connectivity index (χ4v) is 4.67. The molecular weight excluding hydrogens is 614 g/mol. The Morgan fingerprint density at radius 3 is 2.59 bits per heavy atom. The van der Waals surface area contributed by atoms with E-state index in [2.05, 4.69) is 32.2 Å². The fourth-order valence-electron chi connectivity index (χ4n) is 4.40. The molecule has 3 aromatic heterocycles. The Bertz CT molecular complexity index is 1910. The lowest BCUT2D eigenvalue weighted by Gasteiger charge is -2.21. The van der Waals surface area contributed by atoms with Crippen LogP contribution < -0.4 is 10.8 Å². The van der Waals surface area contributed by atoms with Gasteiger partial charge in [-0.05, 0) is 75.7 Å². The maximum absolute atomic E-state index is 12.7. The lowest BCUT2D eigenvalue weighted by Crippen LogP contribution is -2.42. The molecule has 5 rings (SSSR count). The van der Waals surface area contributed by atoms with Gasteiger partial charge < -0.3 is 14.8 Å². The van der Waals surface area contributed by atoms with Gasteiger partial charge in [-0.1, -0.05) is 35.0 Å². The SMILES string of the molecule is C[C@H](NC(=O)OC(C)(C)C)C(=O)OCCONC(=O)c1ccc(-c2ccc3nnn(Cc4ccc5ncccc5c4)c3n2)cc1Cl.